The van der Waals surface area contributed by atoms with Gasteiger partial charge in [-0.05, 0) is 23.6 Å². The van der Waals surface area contributed by atoms with E-state index in [9.17, 15) is 0 Å². The summed E-state index contributed by atoms with van der Waals surface area (Å²) in [5.74, 6) is 1.37. The summed E-state index contributed by atoms with van der Waals surface area (Å²) in [6.45, 7) is 0.445. The van der Waals surface area contributed by atoms with Gasteiger partial charge in [-0.15, -0.1) is 0 Å². The number of hydrogen-bond acceptors (Lipinski definition) is 3. The van der Waals surface area contributed by atoms with E-state index in [0.29, 0.717) is 12.4 Å². The van der Waals surface area contributed by atoms with Gasteiger partial charge in [-0.2, -0.15) is 0 Å². The van der Waals surface area contributed by atoms with Crippen molar-refractivity contribution in [2.75, 3.05) is 0 Å². The van der Waals surface area contributed by atoms with Crippen molar-refractivity contribution in [1.82, 2.24) is 4.98 Å². The van der Waals surface area contributed by atoms with Crippen LogP contribution < -0.4 is 10.5 Å². The Balaban J connectivity index is 2.06. The highest BCUT2D eigenvalue weighted by Gasteiger charge is 2.07. The molecule has 0 atom stereocenters. The van der Waals surface area contributed by atoms with E-state index in [1.807, 2.05) is 54.6 Å². The van der Waals surface area contributed by atoms with Gasteiger partial charge in [0.25, 0.3) is 0 Å². The van der Waals surface area contributed by atoms with Crippen molar-refractivity contribution < 1.29 is 4.74 Å². The quantitative estimate of drug-likeness (QED) is 0.774. The van der Waals surface area contributed by atoms with Gasteiger partial charge in [-0.1, -0.05) is 36.4 Å². The van der Waals surface area contributed by atoms with Gasteiger partial charge in [0.1, 0.15) is 5.75 Å². The summed E-state index contributed by atoms with van der Waals surface area (Å²) < 4.78 is 5.92. The molecule has 3 nitrogen and oxygen atoms in total. The first-order valence-electron chi connectivity index (χ1n) is 6.18. The zero-order chi connectivity index (χ0) is 13.1. The highest BCUT2D eigenvalue weighted by Crippen LogP contribution is 2.29. The summed E-state index contributed by atoms with van der Waals surface area (Å²) >= 11 is 0. The van der Waals surface area contributed by atoms with Crippen molar-refractivity contribution in [3.63, 3.8) is 0 Å². The maximum absolute atomic E-state index is 5.92. The molecule has 0 amide bonds. The zero-order valence-corrected chi connectivity index (χ0v) is 10.4. The van der Waals surface area contributed by atoms with Crippen molar-refractivity contribution in [3.8, 4) is 11.6 Å². The van der Waals surface area contributed by atoms with E-state index in [4.69, 9.17) is 10.5 Å². The second-order valence-corrected chi connectivity index (χ2v) is 4.25. The summed E-state index contributed by atoms with van der Waals surface area (Å²) in [6.07, 6.45) is 1.75. The molecule has 0 aliphatic rings. The molecule has 3 heteroatoms. The minimum atomic E-state index is 0.445. The maximum Gasteiger partial charge on any atom is 0.227 e. The zero-order valence-electron chi connectivity index (χ0n) is 10.4. The van der Waals surface area contributed by atoms with Crippen molar-refractivity contribution in [1.29, 1.82) is 0 Å². The topological polar surface area (TPSA) is 48.1 Å². The van der Waals surface area contributed by atoms with Crippen LogP contribution in [0, 0.1) is 0 Å². The number of nitrogens with zero attached hydrogens (tertiary/aromatic N) is 1. The SMILES string of the molecule is NCc1ccccc1Oc1nccc2ccccc12. The predicted octanol–water partition coefficient (Wildman–Crippen LogP) is 3.49. The molecule has 1 heterocycles. The van der Waals surface area contributed by atoms with Gasteiger partial charge >= 0.3 is 0 Å². The fraction of sp³-hybridized carbons (Fsp3) is 0.0625. The van der Waals surface area contributed by atoms with Crippen molar-refractivity contribution >= 4 is 10.8 Å². The first-order chi connectivity index (χ1) is 9.38. The lowest BCUT2D eigenvalue weighted by Gasteiger charge is -2.10. The molecule has 0 saturated heterocycles. The Morgan fingerprint density at radius 1 is 0.947 bits per heavy atom. The average molecular weight is 250 g/mol. The summed E-state index contributed by atoms with van der Waals surface area (Å²) in [6, 6.07) is 17.7. The second kappa shape index (κ2) is 5.08. The molecule has 0 aliphatic carbocycles. The fourth-order valence-electron chi connectivity index (χ4n) is 2.05. The van der Waals surface area contributed by atoms with E-state index >= 15 is 0 Å². The summed E-state index contributed by atoms with van der Waals surface area (Å²) in [7, 11) is 0. The highest BCUT2D eigenvalue weighted by molar-refractivity contribution is 5.86. The van der Waals surface area contributed by atoms with Crippen molar-refractivity contribution in [2.24, 2.45) is 5.73 Å². The van der Waals surface area contributed by atoms with Crippen LogP contribution in [-0.2, 0) is 6.54 Å². The summed E-state index contributed by atoms with van der Waals surface area (Å²) in [4.78, 5) is 4.31. The lowest BCUT2D eigenvalue weighted by atomic mass is 10.1. The number of nitrogens with two attached hydrogens (primary N) is 1. The van der Waals surface area contributed by atoms with Gasteiger partial charge < -0.3 is 10.5 Å². The molecule has 3 rings (SSSR count). The Morgan fingerprint density at radius 2 is 1.74 bits per heavy atom. The van der Waals surface area contributed by atoms with Crippen LogP contribution in [0.1, 0.15) is 5.56 Å². The molecular weight excluding hydrogens is 236 g/mol. The van der Waals surface area contributed by atoms with E-state index < -0.39 is 0 Å². The molecule has 1 aromatic heterocycles. The first-order valence-corrected chi connectivity index (χ1v) is 6.18. The molecule has 0 spiro atoms. The fourth-order valence-corrected chi connectivity index (χ4v) is 2.05. The van der Waals surface area contributed by atoms with Gasteiger partial charge in [-0.3, -0.25) is 0 Å². The molecule has 0 fully saturated rings. The minimum Gasteiger partial charge on any atom is -0.438 e. The molecule has 0 unspecified atom stereocenters. The molecule has 0 radical (unpaired) electrons. The Hall–Kier alpha value is -2.39. The Labute approximate surface area is 111 Å². The van der Waals surface area contributed by atoms with Gasteiger partial charge in [0.2, 0.25) is 5.88 Å². The van der Waals surface area contributed by atoms with Crippen LogP contribution in [0.3, 0.4) is 0 Å². The number of aromatic nitrogens is 1. The molecule has 94 valence electrons. The maximum atomic E-state index is 5.92. The molecule has 2 N–H and O–H groups in total. The Kier molecular flexibility index (Phi) is 3.12. The van der Waals surface area contributed by atoms with Crippen LogP contribution in [0.4, 0.5) is 0 Å². The second-order valence-electron chi connectivity index (χ2n) is 4.25. The lowest BCUT2D eigenvalue weighted by Crippen LogP contribution is -1.99. The molecule has 0 bridgehead atoms. The van der Waals surface area contributed by atoms with Crippen LogP contribution in [0.2, 0.25) is 0 Å². The van der Waals surface area contributed by atoms with Crippen molar-refractivity contribution in [3.05, 3.63) is 66.4 Å². The van der Waals surface area contributed by atoms with E-state index in [-0.39, 0.29) is 0 Å². The lowest BCUT2D eigenvalue weighted by molar-refractivity contribution is 0.463. The number of hydrogen-bond donors (Lipinski definition) is 1. The monoisotopic (exact) mass is 250 g/mol. The predicted molar refractivity (Wildman–Crippen MR) is 76.2 cm³/mol. The Bertz CT molecular complexity index is 704. The van der Waals surface area contributed by atoms with Crippen molar-refractivity contribution in [2.45, 2.75) is 6.54 Å². The van der Waals surface area contributed by atoms with Crippen LogP contribution in [0.25, 0.3) is 10.8 Å². The molecule has 0 saturated carbocycles. The Morgan fingerprint density at radius 3 is 2.63 bits per heavy atom. The molecule has 3 aromatic rings. The number of benzene rings is 2. The van der Waals surface area contributed by atoms with Gasteiger partial charge in [-0.25, -0.2) is 4.98 Å². The average Bonchev–Trinajstić information content (AvgIpc) is 2.48. The number of ether oxygens (including phenoxy) is 1. The molecular formula is C16H14N2O. The number of rotatable bonds is 3. The van der Waals surface area contributed by atoms with Crippen LogP contribution in [0.15, 0.2) is 60.8 Å². The number of fused-ring (bicyclic) bond motifs is 1. The highest BCUT2D eigenvalue weighted by atomic mass is 16.5. The molecule has 0 aliphatic heterocycles. The van der Waals surface area contributed by atoms with Gasteiger partial charge in [0.05, 0.1) is 0 Å². The van der Waals surface area contributed by atoms with Crippen LogP contribution in [0.5, 0.6) is 11.6 Å². The van der Waals surface area contributed by atoms with E-state index in [0.717, 1.165) is 22.1 Å². The summed E-state index contributed by atoms with van der Waals surface area (Å²) in [5.41, 5.74) is 6.69. The van der Waals surface area contributed by atoms with Gasteiger partial charge in [0.15, 0.2) is 0 Å². The smallest absolute Gasteiger partial charge is 0.227 e. The largest absolute Gasteiger partial charge is 0.438 e. The van der Waals surface area contributed by atoms with Crippen LogP contribution >= 0.6 is 0 Å². The summed E-state index contributed by atoms with van der Waals surface area (Å²) in [5, 5.41) is 2.11. The standard InChI is InChI=1S/C16H14N2O/c17-11-13-6-2-4-8-15(13)19-16-14-7-3-1-5-12(14)9-10-18-16/h1-10H,11,17H2. The normalized spacial score (nSPS) is 10.6. The third-order valence-electron chi connectivity index (χ3n) is 3.04. The van der Waals surface area contributed by atoms with E-state index in [2.05, 4.69) is 4.98 Å². The van der Waals surface area contributed by atoms with Crippen LogP contribution in [-0.4, -0.2) is 4.98 Å². The first kappa shape index (κ1) is 11.7. The minimum absolute atomic E-state index is 0.445. The number of pyridine rings is 1. The third-order valence-corrected chi connectivity index (χ3v) is 3.04. The number of para-hydroxylation sites is 1. The van der Waals surface area contributed by atoms with E-state index in [1.54, 1.807) is 6.20 Å². The third kappa shape index (κ3) is 2.28. The molecule has 19 heavy (non-hydrogen) atoms. The van der Waals surface area contributed by atoms with E-state index in [1.165, 1.54) is 0 Å². The molecule has 2 aromatic carbocycles. The van der Waals surface area contributed by atoms with Gasteiger partial charge in [0, 0.05) is 23.7 Å².